The van der Waals surface area contributed by atoms with Crippen LogP contribution in [0.1, 0.15) is 46.5 Å². The van der Waals surface area contributed by atoms with Gasteiger partial charge in [-0.1, -0.05) is 33.6 Å². The van der Waals surface area contributed by atoms with Crippen LogP contribution in [0.3, 0.4) is 0 Å². The van der Waals surface area contributed by atoms with Crippen LogP contribution in [0.5, 0.6) is 0 Å². The molecule has 0 aromatic rings. The van der Waals surface area contributed by atoms with Crippen LogP contribution in [-0.4, -0.2) is 12.6 Å². The molecule has 3 atom stereocenters. The van der Waals surface area contributed by atoms with Crippen LogP contribution in [0.25, 0.3) is 0 Å². The van der Waals surface area contributed by atoms with Crippen molar-refractivity contribution in [2.24, 2.45) is 23.3 Å². The van der Waals surface area contributed by atoms with Crippen LogP contribution in [0.2, 0.25) is 0 Å². The molecule has 0 spiro atoms. The first-order valence-corrected chi connectivity index (χ1v) is 5.62. The van der Waals surface area contributed by atoms with Crippen molar-refractivity contribution in [2.75, 3.05) is 6.54 Å². The van der Waals surface area contributed by atoms with Crippen molar-refractivity contribution in [1.82, 2.24) is 0 Å². The number of hydrogen-bond acceptors (Lipinski definition) is 2. The fourth-order valence-corrected chi connectivity index (χ4v) is 1.79. The Morgan fingerprint density at radius 1 is 1.15 bits per heavy atom. The highest BCUT2D eigenvalue weighted by Gasteiger charge is 2.19. The van der Waals surface area contributed by atoms with Crippen LogP contribution >= 0.6 is 0 Å². The molecular weight excluding hydrogens is 160 g/mol. The molecule has 80 valence electrons. The zero-order valence-corrected chi connectivity index (χ0v) is 9.42. The van der Waals surface area contributed by atoms with Crippen LogP contribution in [0.4, 0.5) is 0 Å². The first-order chi connectivity index (χ1) is 6.17. The fourth-order valence-electron chi connectivity index (χ4n) is 1.79. The van der Waals surface area contributed by atoms with Crippen molar-refractivity contribution in [2.45, 2.75) is 52.5 Å². The molecule has 0 aromatic carbocycles. The Balaban J connectivity index is 3.90. The minimum Gasteiger partial charge on any atom is -0.330 e. The summed E-state index contributed by atoms with van der Waals surface area (Å²) in [6.45, 7) is 7.48. The van der Waals surface area contributed by atoms with Gasteiger partial charge in [0.25, 0.3) is 0 Å². The Morgan fingerprint density at radius 2 is 1.77 bits per heavy atom. The molecule has 0 radical (unpaired) electrons. The van der Waals surface area contributed by atoms with Gasteiger partial charge in [0, 0.05) is 6.04 Å². The van der Waals surface area contributed by atoms with Crippen LogP contribution in [-0.2, 0) is 0 Å². The van der Waals surface area contributed by atoms with Gasteiger partial charge in [0.15, 0.2) is 0 Å². The maximum absolute atomic E-state index is 6.18. The second-order valence-corrected chi connectivity index (χ2v) is 4.06. The molecule has 0 saturated carbocycles. The van der Waals surface area contributed by atoms with Gasteiger partial charge < -0.3 is 11.5 Å². The highest BCUT2D eigenvalue weighted by Crippen LogP contribution is 2.21. The first kappa shape index (κ1) is 12.9. The van der Waals surface area contributed by atoms with Crippen LogP contribution in [0, 0.1) is 11.8 Å². The lowest BCUT2D eigenvalue weighted by molar-refractivity contribution is 0.292. The predicted octanol–water partition coefficient (Wildman–Crippen LogP) is 2.12. The Morgan fingerprint density at radius 3 is 2.15 bits per heavy atom. The van der Waals surface area contributed by atoms with E-state index in [1.54, 1.807) is 0 Å². The van der Waals surface area contributed by atoms with Crippen LogP contribution in [0.15, 0.2) is 0 Å². The summed E-state index contributed by atoms with van der Waals surface area (Å²) in [5.74, 6) is 1.31. The van der Waals surface area contributed by atoms with E-state index in [4.69, 9.17) is 11.5 Å². The second-order valence-electron chi connectivity index (χ2n) is 4.06. The summed E-state index contributed by atoms with van der Waals surface area (Å²) in [5, 5.41) is 0. The third kappa shape index (κ3) is 4.63. The summed E-state index contributed by atoms with van der Waals surface area (Å²) in [4.78, 5) is 0. The van der Waals surface area contributed by atoms with E-state index in [0.717, 1.165) is 13.0 Å². The average Bonchev–Trinajstić information content (AvgIpc) is 2.17. The molecule has 0 aliphatic heterocycles. The van der Waals surface area contributed by atoms with Crippen LogP contribution < -0.4 is 11.5 Å². The normalized spacial score (nSPS) is 18.2. The van der Waals surface area contributed by atoms with Gasteiger partial charge in [-0.15, -0.1) is 0 Å². The third-order valence-electron chi connectivity index (χ3n) is 3.15. The van der Waals surface area contributed by atoms with Gasteiger partial charge in [-0.05, 0) is 31.2 Å². The summed E-state index contributed by atoms with van der Waals surface area (Å²) in [6.07, 6.45) is 4.67. The Hall–Kier alpha value is -0.0800. The second kappa shape index (κ2) is 7.34. The molecule has 0 heterocycles. The number of hydrogen-bond donors (Lipinski definition) is 2. The van der Waals surface area contributed by atoms with E-state index in [9.17, 15) is 0 Å². The van der Waals surface area contributed by atoms with Gasteiger partial charge in [-0.3, -0.25) is 0 Å². The van der Waals surface area contributed by atoms with E-state index < -0.39 is 0 Å². The lowest BCUT2D eigenvalue weighted by Gasteiger charge is -2.27. The highest BCUT2D eigenvalue weighted by atomic mass is 14.7. The molecule has 0 bridgehead atoms. The Kier molecular flexibility index (Phi) is 7.29. The molecule has 0 fully saturated rings. The molecule has 0 aliphatic rings. The molecule has 13 heavy (non-hydrogen) atoms. The standard InChI is InChI=1S/C11H26N2/c1-4-9(3)11(13)10(5-2)7-6-8-12/h9-11H,4-8,12-13H2,1-3H3. The van der Waals surface area contributed by atoms with Gasteiger partial charge in [0.2, 0.25) is 0 Å². The molecule has 0 amide bonds. The maximum Gasteiger partial charge on any atom is 0.00928 e. The summed E-state index contributed by atoms with van der Waals surface area (Å²) in [5.41, 5.74) is 11.7. The largest absolute Gasteiger partial charge is 0.330 e. The third-order valence-corrected chi connectivity index (χ3v) is 3.15. The number of rotatable bonds is 7. The molecule has 2 nitrogen and oxygen atoms in total. The molecule has 0 saturated heterocycles. The smallest absolute Gasteiger partial charge is 0.00928 e. The SMILES string of the molecule is CCC(C)C(N)C(CC)CCCN. The molecule has 0 rings (SSSR count). The van der Waals surface area contributed by atoms with E-state index in [0.29, 0.717) is 17.9 Å². The summed E-state index contributed by atoms with van der Waals surface area (Å²) < 4.78 is 0. The van der Waals surface area contributed by atoms with Gasteiger partial charge >= 0.3 is 0 Å². The van der Waals surface area contributed by atoms with Crippen molar-refractivity contribution in [3.8, 4) is 0 Å². The van der Waals surface area contributed by atoms with Crippen molar-refractivity contribution in [3.05, 3.63) is 0 Å². The monoisotopic (exact) mass is 186 g/mol. The van der Waals surface area contributed by atoms with Crippen molar-refractivity contribution in [3.63, 3.8) is 0 Å². The lowest BCUT2D eigenvalue weighted by Crippen LogP contribution is -2.36. The van der Waals surface area contributed by atoms with E-state index in [1.165, 1.54) is 19.3 Å². The molecule has 0 aliphatic carbocycles. The lowest BCUT2D eigenvalue weighted by atomic mass is 9.84. The van der Waals surface area contributed by atoms with E-state index in [1.807, 2.05) is 0 Å². The van der Waals surface area contributed by atoms with Gasteiger partial charge in [-0.25, -0.2) is 0 Å². The molecule has 0 aromatic heterocycles. The van der Waals surface area contributed by atoms with Gasteiger partial charge in [0.1, 0.15) is 0 Å². The first-order valence-electron chi connectivity index (χ1n) is 5.62. The van der Waals surface area contributed by atoms with Crippen molar-refractivity contribution in [1.29, 1.82) is 0 Å². The van der Waals surface area contributed by atoms with Crippen molar-refractivity contribution < 1.29 is 0 Å². The minimum atomic E-state index is 0.363. The quantitative estimate of drug-likeness (QED) is 0.640. The van der Waals surface area contributed by atoms with E-state index >= 15 is 0 Å². The summed E-state index contributed by atoms with van der Waals surface area (Å²) in [6, 6.07) is 0.363. The van der Waals surface area contributed by atoms with E-state index in [2.05, 4.69) is 20.8 Å². The predicted molar refractivity (Wildman–Crippen MR) is 59.5 cm³/mol. The highest BCUT2D eigenvalue weighted by molar-refractivity contribution is 4.76. The van der Waals surface area contributed by atoms with Crippen molar-refractivity contribution >= 4 is 0 Å². The summed E-state index contributed by atoms with van der Waals surface area (Å²) in [7, 11) is 0. The number of nitrogens with two attached hydrogens (primary N) is 2. The zero-order valence-electron chi connectivity index (χ0n) is 9.42. The van der Waals surface area contributed by atoms with Gasteiger partial charge in [0.05, 0.1) is 0 Å². The summed E-state index contributed by atoms with van der Waals surface area (Å²) >= 11 is 0. The van der Waals surface area contributed by atoms with Gasteiger partial charge in [-0.2, -0.15) is 0 Å². The fraction of sp³-hybridized carbons (Fsp3) is 1.00. The Labute approximate surface area is 83.1 Å². The molecule has 2 heteroatoms. The average molecular weight is 186 g/mol. The zero-order chi connectivity index (χ0) is 10.3. The van der Waals surface area contributed by atoms with E-state index in [-0.39, 0.29) is 0 Å². The molecule has 4 N–H and O–H groups in total. The molecular formula is C11H26N2. The topological polar surface area (TPSA) is 52.0 Å². The minimum absolute atomic E-state index is 0.363. The molecule has 3 unspecified atom stereocenters. The maximum atomic E-state index is 6.18. The Bertz CT molecular complexity index is 115.